The summed E-state index contributed by atoms with van der Waals surface area (Å²) in [6.45, 7) is 0.273. The Kier molecular flexibility index (Phi) is 3.73. The van der Waals surface area contributed by atoms with Gasteiger partial charge in [0, 0.05) is 17.8 Å². The smallest absolute Gasteiger partial charge is 0.270 e. The summed E-state index contributed by atoms with van der Waals surface area (Å²) in [5, 5.41) is 6.74. The van der Waals surface area contributed by atoms with Gasteiger partial charge in [-0.3, -0.25) is 9.78 Å². The van der Waals surface area contributed by atoms with Crippen molar-refractivity contribution >= 4 is 5.91 Å². The summed E-state index contributed by atoms with van der Waals surface area (Å²) in [5.41, 5.74) is 2.10. The van der Waals surface area contributed by atoms with Crippen molar-refractivity contribution in [3.05, 3.63) is 72.2 Å². The quantitative estimate of drug-likeness (QED) is 0.797. The SMILES string of the molecule is O=C(NCc1cc(-c2ccccc2)no1)c1ccccn1. The lowest BCUT2D eigenvalue weighted by Crippen LogP contribution is -2.23. The van der Waals surface area contributed by atoms with Crippen LogP contribution in [0.25, 0.3) is 11.3 Å². The topological polar surface area (TPSA) is 68.0 Å². The van der Waals surface area contributed by atoms with E-state index in [1.807, 2.05) is 36.4 Å². The van der Waals surface area contributed by atoms with Gasteiger partial charge >= 0.3 is 0 Å². The van der Waals surface area contributed by atoms with Gasteiger partial charge in [-0.15, -0.1) is 0 Å². The van der Waals surface area contributed by atoms with E-state index in [-0.39, 0.29) is 12.5 Å². The van der Waals surface area contributed by atoms with Crippen LogP contribution in [0.15, 0.2) is 65.3 Å². The van der Waals surface area contributed by atoms with Crippen LogP contribution >= 0.6 is 0 Å². The molecule has 3 aromatic rings. The van der Waals surface area contributed by atoms with Gasteiger partial charge in [0.1, 0.15) is 11.4 Å². The van der Waals surface area contributed by atoms with Gasteiger partial charge in [0.05, 0.1) is 6.54 Å². The van der Waals surface area contributed by atoms with Crippen molar-refractivity contribution < 1.29 is 9.32 Å². The molecule has 0 fully saturated rings. The van der Waals surface area contributed by atoms with Crippen LogP contribution in [0.2, 0.25) is 0 Å². The minimum atomic E-state index is -0.242. The Morgan fingerprint density at radius 3 is 2.67 bits per heavy atom. The van der Waals surface area contributed by atoms with Crippen LogP contribution in [-0.2, 0) is 6.54 Å². The molecule has 2 aromatic heterocycles. The van der Waals surface area contributed by atoms with Crippen molar-refractivity contribution in [1.29, 1.82) is 0 Å². The van der Waals surface area contributed by atoms with Crippen LogP contribution < -0.4 is 5.32 Å². The van der Waals surface area contributed by atoms with E-state index in [2.05, 4.69) is 15.5 Å². The zero-order valence-electron chi connectivity index (χ0n) is 11.2. The zero-order chi connectivity index (χ0) is 14.5. The molecule has 0 unspecified atom stereocenters. The molecule has 0 aliphatic rings. The number of hydrogen-bond acceptors (Lipinski definition) is 4. The second-order valence-corrected chi connectivity index (χ2v) is 4.44. The molecule has 3 rings (SSSR count). The Morgan fingerprint density at radius 2 is 1.90 bits per heavy atom. The number of hydrogen-bond donors (Lipinski definition) is 1. The summed E-state index contributed by atoms with van der Waals surface area (Å²) in [6.07, 6.45) is 1.58. The lowest BCUT2D eigenvalue weighted by atomic mass is 10.1. The molecule has 0 atom stereocenters. The second-order valence-electron chi connectivity index (χ2n) is 4.44. The van der Waals surface area contributed by atoms with Gasteiger partial charge in [0.25, 0.3) is 5.91 Å². The van der Waals surface area contributed by atoms with E-state index in [9.17, 15) is 4.79 Å². The molecule has 0 spiro atoms. The van der Waals surface area contributed by atoms with Crippen LogP contribution in [0.3, 0.4) is 0 Å². The molecule has 1 aromatic carbocycles. The highest BCUT2D eigenvalue weighted by Gasteiger charge is 2.09. The van der Waals surface area contributed by atoms with Gasteiger partial charge in [-0.05, 0) is 12.1 Å². The standard InChI is InChI=1S/C16H13N3O2/c20-16(14-8-4-5-9-17-14)18-11-13-10-15(19-21-13)12-6-2-1-3-7-12/h1-10H,11H2,(H,18,20). The molecule has 0 saturated carbocycles. The predicted molar refractivity (Wildman–Crippen MR) is 77.3 cm³/mol. The molecule has 0 saturated heterocycles. The van der Waals surface area contributed by atoms with Crippen LogP contribution in [0, 0.1) is 0 Å². The third-order valence-corrected chi connectivity index (χ3v) is 2.95. The fourth-order valence-corrected chi connectivity index (χ4v) is 1.90. The third kappa shape index (κ3) is 3.14. The molecule has 104 valence electrons. The van der Waals surface area contributed by atoms with Crippen molar-refractivity contribution in [3.63, 3.8) is 0 Å². The maximum Gasteiger partial charge on any atom is 0.270 e. The van der Waals surface area contributed by atoms with Crippen LogP contribution in [-0.4, -0.2) is 16.0 Å². The van der Waals surface area contributed by atoms with Crippen molar-refractivity contribution in [2.45, 2.75) is 6.54 Å². The first-order valence-corrected chi connectivity index (χ1v) is 6.53. The molecule has 5 nitrogen and oxygen atoms in total. The molecular weight excluding hydrogens is 266 g/mol. The lowest BCUT2D eigenvalue weighted by Gasteiger charge is -2.00. The fraction of sp³-hybridized carbons (Fsp3) is 0.0625. The van der Waals surface area contributed by atoms with Gasteiger partial charge in [-0.2, -0.15) is 0 Å². The van der Waals surface area contributed by atoms with Gasteiger partial charge in [-0.25, -0.2) is 0 Å². The number of amides is 1. The Balaban J connectivity index is 1.64. The Hall–Kier alpha value is -2.95. The molecule has 1 amide bonds. The number of nitrogens with zero attached hydrogens (tertiary/aromatic N) is 2. The van der Waals surface area contributed by atoms with E-state index < -0.39 is 0 Å². The summed E-state index contributed by atoms with van der Waals surface area (Å²) in [5.74, 6) is 0.353. The second kappa shape index (κ2) is 6.00. The number of nitrogens with one attached hydrogen (secondary N) is 1. The van der Waals surface area contributed by atoms with Crippen molar-refractivity contribution in [1.82, 2.24) is 15.5 Å². The third-order valence-electron chi connectivity index (χ3n) is 2.95. The Bertz CT molecular complexity index is 724. The van der Waals surface area contributed by atoms with E-state index in [1.54, 1.807) is 24.4 Å². The highest BCUT2D eigenvalue weighted by Crippen LogP contribution is 2.18. The van der Waals surface area contributed by atoms with Crippen LogP contribution in [0.5, 0.6) is 0 Å². The predicted octanol–water partition coefficient (Wildman–Crippen LogP) is 2.67. The maximum absolute atomic E-state index is 11.9. The van der Waals surface area contributed by atoms with Gasteiger partial charge < -0.3 is 9.84 Å². The molecule has 0 aliphatic carbocycles. The Labute approximate surface area is 121 Å². The Morgan fingerprint density at radius 1 is 1.10 bits per heavy atom. The highest BCUT2D eigenvalue weighted by atomic mass is 16.5. The van der Waals surface area contributed by atoms with Gasteiger partial charge in [-0.1, -0.05) is 41.6 Å². The first-order valence-electron chi connectivity index (χ1n) is 6.53. The summed E-state index contributed by atoms with van der Waals surface area (Å²) >= 11 is 0. The largest absolute Gasteiger partial charge is 0.359 e. The van der Waals surface area contributed by atoms with Gasteiger partial charge in [0.2, 0.25) is 0 Å². The van der Waals surface area contributed by atoms with Crippen molar-refractivity contribution in [2.75, 3.05) is 0 Å². The normalized spacial score (nSPS) is 10.3. The monoisotopic (exact) mass is 279 g/mol. The highest BCUT2D eigenvalue weighted by molar-refractivity contribution is 5.92. The number of pyridine rings is 1. The van der Waals surface area contributed by atoms with Crippen LogP contribution in [0.1, 0.15) is 16.2 Å². The van der Waals surface area contributed by atoms with E-state index in [4.69, 9.17) is 4.52 Å². The van der Waals surface area contributed by atoms with Gasteiger partial charge in [0.15, 0.2) is 5.76 Å². The number of rotatable bonds is 4. The maximum atomic E-state index is 11.9. The van der Waals surface area contributed by atoms with E-state index in [1.165, 1.54) is 0 Å². The summed E-state index contributed by atoms with van der Waals surface area (Å²) in [6, 6.07) is 16.7. The molecule has 5 heteroatoms. The molecule has 0 radical (unpaired) electrons. The molecule has 2 heterocycles. The first kappa shape index (κ1) is 13.1. The molecule has 21 heavy (non-hydrogen) atoms. The molecule has 0 bridgehead atoms. The van der Waals surface area contributed by atoms with Crippen molar-refractivity contribution in [3.8, 4) is 11.3 Å². The summed E-state index contributed by atoms with van der Waals surface area (Å²) < 4.78 is 5.22. The summed E-state index contributed by atoms with van der Waals surface area (Å²) in [7, 11) is 0. The number of carbonyl (C=O) groups is 1. The molecule has 0 aliphatic heterocycles. The minimum Gasteiger partial charge on any atom is -0.359 e. The summed E-state index contributed by atoms with van der Waals surface area (Å²) in [4.78, 5) is 15.8. The van der Waals surface area contributed by atoms with Crippen LogP contribution in [0.4, 0.5) is 0 Å². The average molecular weight is 279 g/mol. The van der Waals surface area contributed by atoms with Crippen molar-refractivity contribution in [2.24, 2.45) is 0 Å². The first-order chi connectivity index (χ1) is 10.3. The average Bonchev–Trinajstić information content (AvgIpc) is 3.03. The molecule has 1 N–H and O–H groups in total. The van der Waals surface area contributed by atoms with E-state index in [0.717, 1.165) is 11.3 Å². The fourth-order valence-electron chi connectivity index (χ4n) is 1.90. The number of carbonyl (C=O) groups excluding carboxylic acids is 1. The van der Waals surface area contributed by atoms with E-state index >= 15 is 0 Å². The number of benzene rings is 1. The minimum absolute atomic E-state index is 0.242. The molecular formula is C16H13N3O2. The zero-order valence-corrected chi connectivity index (χ0v) is 11.2. The lowest BCUT2D eigenvalue weighted by molar-refractivity contribution is 0.0942. The van der Waals surface area contributed by atoms with E-state index in [0.29, 0.717) is 11.5 Å². The number of aromatic nitrogens is 2.